The van der Waals surface area contributed by atoms with Crippen molar-refractivity contribution in [1.82, 2.24) is 19.8 Å². The van der Waals surface area contributed by atoms with Crippen molar-refractivity contribution in [2.24, 2.45) is 0 Å². The molecule has 4 aromatic rings. The third kappa shape index (κ3) is 3.52. The normalized spacial score (nSPS) is 11.1. The first-order valence-electron chi connectivity index (χ1n) is 7.95. The van der Waals surface area contributed by atoms with Crippen molar-refractivity contribution in [3.8, 4) is 16.3 Å². The molecule has 0 unspecified atom stereocenters. The third-order valence-corrected chi connectivity index (χ3v) is 5.53. The van der Waals surface area contributed by atoms with Crippen LogP contribution in [0.2, 0.25) is 0 Å². The smallest absolute Gasteiger partial charge is 0.235 e. The molecule has 0 spiro atoms. The topological polar surface area (TPSA) is 52.3 Å². The number of rotatable bonds is 6. The molecule has 2 aromatic heterocycles. The Morgan fingerprint density at radius 3 is 2.60 bits per heavy atom. The summed E-state index contributed by atoms with van der Waals surface area (Å²) in [4.78, 5) is 2.02. The molecule has 0 aliphatic rings. The van der Waals surface area contributed by atoms with Gasteiger partial charge in [-0.15, -0.1) is 22.0 Å². The van der Waals surface area contributed by atoms with Crippen LogP contribution < -0.4 is 4.74 Å². The molecule has 0 radical (unpaired) electrons. The van der Waals surface area contributed by atoms with E-state index >= 15 is 0 Å². The number of benzene rings is 2. The first-order valence-corrected chi connectivity index (χ1v) is 9.76. The van der Waals surface area contributed by atoms with Gasteiger partial charge >= 0.3 is 0 Å². The maximum absolute atomic E-state index is 5.49. The highest BCUT2D eigenvalue weighted by molar-refractivity contribution is 7.98. The maximum Gasteiger partial charge on any atom is 0.235 e. The molecule has 0 amide bonds. The lowest BCUT2D eigenvalue weighted by atomic mass is 10.2. The van der Waals surface area contributed by atoms with Crippen LogP contribution in [0.15, 0.2) is 59.5 Å². The minimum Gasteiger partial charge on any atom is -0.494 e. The zero-order chi connectivity index (χ0) is 17.1. The van der Waals surface area contributed by atoms with Crippen LogP contribution in [0.25, 0.3) is 15.5 Å². The highest BCUT2D eigenvalue weighted by Gasteiger charge is 2.13. The van der Waals surface area contributed by atoms with Gasteiger partial charge in [-0.3, -0.25) is 0 Å². The molecule has 25 heavy (non-hydrogen) atoms. The summed E-state index contributed by atoms with van der Waals surface area (Å²) in [5.41, 5.74) is 1.06. The quantitative estimate of drug-likeness (QED) is 0.468. The summed E-state index contributed by atoms with van der Waals surface area (Å²) in [7, 11) is 0. The van der Waals surface area contributed by atoms with E-state index in [2.05, 4.69) is 27.4 Å². The van der Waals surface area contributed by atoms with Gasteiger partial charge < -0.3 is 4.74 Å². The molecule has 0 aliphatic carbocycles. The molecule has 0 atom stereocenters. The van der Waals surface area contributed by atoms with E-state index in [4.69, 9.17) is 4.74 Å². The highest BCUT2D eigenvalue weighted by Crippen LogP contribution is 2.28. The lowest BCUT2D eigenvalue weighted by molar-refractivity contribution is 0.340. The first-order chi connectivity index (χ1) is 12.3. The average molecular weight is 368 g/mol. The SMILES string of the molecule is CCOc1ccc(-c2nn3c(CSc4ccccc4)nnc3s2)cc1. The zero-order valence-electron chi connectivity index (χ0n) is 13.6. The van der Waals surface area contributed by atoms with Gasteiger partial charge in [-0.1, -0.05) is 29.5 Å². The number of ether oxygens (including phenoxy) is 1. The molecule has 126 valence electrons. The van der Waals surface area contributed by atoms with Gasteiger partial charge in [-0.25, -0.2) is 0 Å². The second-order valence-electron chi connectivity index (χ2n) is 5.28. The average Bonchev–Trinajstić information content (AvgIpc) is 3.23. The molecule has 0 fully saturated rings. The molecular formula is C18H16N4OS2. The van der Waals surface area contributed by atoms with E-state index in [0.29, 0.717) is 6.61 Å². The summed E-state index contributed by atoms with van der Waals surface area (Å²) in [6.07, 6.45) is 0. The zero-order valence-corrected chi connectivity index (χ0v) is 15.3. The van der Waals surface area contributed by atoms with Gasteiger partial charge in [0.1, 0.15) is 10.8 Å². The predicted octanol–water partition coefficient (Wildman–Crippen LogP) is 4.54. The standard InChI is InChI=1S/C18H16N4OS2/c1-2-23-14-10-8-13(9-11-14)17-21-22-16(19-20-18(22)25-17)12-24-15-6-4-3-5-7-15/h3-11H,2,12H2,1H3. The van der Waals surface area contributed by atoms with Gasteiger partial charge in [-0.05, 0) is 43.3 Å². The minimum atomic E-state index is 0.665. The summed E-state index contributed by atoms with van der Waals surface area (Å²) in [6, 6.07) is 18.3. The number of thioether (sulfide) groups is 1. The van der Waals surface area contributed by atoms with Crippen LogP contribution in [0.1, 0.15) is 12.7 Å². The van der Waals surface area contributed by atoms with Crippen LogP contribution in [0.4, 0.5) is 0 Å². The maximum atomic E-state index is 5.49. The van der Waals surface area contributed by atoms with Crippen molar-refractivity contribution >= 4 is 28.1 Å². The highest BCUT2D eigenvalue weighted by atomic mass is 32.2. The molecule has 2 heterocycles. The fourth-order valence-corrected chi connectivity index (χ4v) is 4.08. The number of aromatic nitrogens is 4. The predicted molar refractivity (Wildman–Crippen MR) is 101 cm³/mol. The Hall–Kier alpha value is -2.38. The Balaban J connectivity index is 1.55. The Kier molecular flexibility index (Phi) is 4.67. The second kappa shape index (κ2) is 7.25. The van der Waals surface area contributed by atoms with E-state index in [9.17, 15) is 0 Å². The summed E-state index contributed by atoms with van der Waals surface area (Å²) in [5, 5.41) is 14.1. The van der Waals surface area contributed by atoms with Crippen molar-refractivity contribution in [3.05, 3.63) is 60.4 Å². The molecular weight excluding hydrogens is 352 g/mol. The van der Waals surface area contributed by atoms with Crippen molar-refractivity contribution in [2.45, 2.75) is 17.6 Å². The molecule has 0 saturated carbocycles. The van der Waals surface area contributed by atoms with Crippen molar-refractivity contribution in [3.63, 3.8) is 0 Å². The monoisotopic (exact) mass is 368 g/mol. The molecule has 0 saturated heterocycles. The van der Waals surface area contributed by atoms with E-state index in [1.54, 1.807) is 23.1 Å². The summed E-state index contributed by atoms with van der Waals surface area (Å²) in [5.74, 6) is 2.46. The van der Waals surface area contributed by atoms with E-state index in [1.807, 2.05) is 53.9 Å². The lowest BCUT2D eigenvalue weighted by Crippen LogP contribution is -1.94. The molecule has 0 aliphatic heterocycles. The fourth-order valence-electron chi connectivity index (χ4n) is 2.39. The Morgan fingerprint density at radius 1 is 1.04 bits per heavy atom. The summed E-state index contributed by atoms with van der Waals surface area (Å²) < 4.78 is 7.33. The fraction of sp³-hybridized carbons (Fsp3) is 0.167. The first kappa shape index (κ1) is 16.1. The molecule has 0 bridgehead atoms. The van der Waals surface area contributed by atoms with Crippen molar-refractivity contribution in [1.29, 1.82) is 0 Å². The number of nitrogens with zero attached hydrogens (tertiary/aromatic N) is 4. The van der Waals surface area contributed by atoms with Crippen LogP contribution in [0, 0.1) is 0 Å². The van der Waals surface area contributed by atoms with Crippen LogP contribution in [-0.2, 0) is 5.75 Å². The van der Waals surface area contributed by atoms with Crippen LogP contribution in [-0.4, -0.2) is 26.4 Å². The van der Waals surface area contributed by atoms with Gasteiger partial charge in [-0.2, -0.15) is 9.61 Å². The van der Waals surface area contributed by atoms with Crippen LogP contribution in [0.3, 0.4) is 0 Å². The van der Waals surface area contributed by atoms with Gasteiger partial charge in [0.15, 0.2) is 5.82 Å². The molecule has 5 nitrogen and oxygen atoms in total. The van der Waals surface area contributed by atoms with Crippen molar-refractivity contribution in [2.75, 3.05) is 6.61 Å². The Labute approximate surface area is 153 Å². The van der Waals surface area contributed by atoms with Crippen LogP contribution >= 0.6 is 23.1 Å². The van der Waals surface area contributed by atoms with Crippen LogP contribution in [0.5, 0.6) is 5.75 Å². The van der Waals surface area contributed by atoms with E-state index in [-0.39, 0.29) is 0 Å². The van der Waals surface area contributed by atoms with E-state index in [1.165, 1.54) is 4.90 Å². The van der Waals surface area contributed by atoms with Gasteiger partial charge in [0.2, 0.25) is 4.96 Å². The lowest BCUT2D eigenvalue weighted by Gasteiger charge is -2.02. The van der Waals surface area contributed by atoms with E-state index < -0.39 is 0 Å². The summed E-state index contributed by atoms with van der Waals surface area (Å²) in [6.45, 7) is 2.64. The minimum absolute atomic E-state index is 0.665. The molecule has 0 N–H and O–H groups in total. The number of hydrogen-bond donors (Lipinski definition) is 0. The second-order valence-corrected chi connectivity index (χ2v) is 7.28. The van der Waals surface area contributed by atoms with Gasteiger partial charge in [0, 0.05) is 10.5 Å². The number of hydrogen-bond acceptors (Lipinski definition) is 6. The Bertz CT molecular complexity index is 964. The Morgan fingerprint density at radius 2 is 1.84 bits per heavy atom. The molecule has 4 rings (SSSR count). The summed E-state index contributed by atoms with van der Waals surface area (Å²) >= 11 is 3.27. The number of fused-ring (bicyclic) bond motifs is 1. The van der Waals surface area contributed by atoms with Gasteiger partial charge in [0.05, 0.1) is 12.4 Å². The van der Waals surface area contributed by atoms with E-state index in [0.717, 1.165) is 32.9 Å². The molecule has 2 aromatic carbocycles. The molecule has 7 heteroatoms. The largest absolute Gasteiger partial charge is 0.494 e. The van der Waals surface area contributed by atoms with Gasteiger partial charge in [0.25, 0.3) is 0 Å². The van der Waals surface area contributed by atoms with Crippen molar-refractivity contribution < 1.29 is 4.74 Å². The third-order valence-electron chi connectivity index (χ3n) is 3.58.